The normalized spacial score (nSPS) is 26.3. The van der Waals surface area contributed by atoms with E-state index in [0.29, 0.717) is 0 Å². The fourth-order valence-corrected chi connectivity index (χ4v) is 1.42. The molecule has 76 valence electrons. The van der Waals surface area contributed by atoms with Crippen molar-refractivity contribution in [2.45, 2.75) is 38.5 Å². The Morgan fingerprint density at radius 3 is 1.93 bits per heavy atom. The molecule has 0 amide bonds. The average Bonchev–Trinajstić information content (AvgIpc) is 2.22. The average molecular weight is 188 g/mol. The lowest BCUT2D eigenvalue weighted by molar-refractivity contribution is 0.761. The second-order valence-corrected chi connectivity index (χ2v) is 3.55. The van der Waals surface area contributed by atoms with E-state index in [2.05, 4.69) is 48.6 Å². The minimum atomic E-state index is 1.05. The number of hydrogen-bond acceptors (Lipinski definition) is 0. The van der Waals surface area contributed by atoms with Gasteiger partial charge in [-0.1, -0.05) is 48.6 Å². The Morgan fingerprint density at radius 2 is 1.07 bits per heavy atom. The van der Waals surface area contributed by atoms with Crippen molar-refractivity contribution in [1.82, 2.24) is 0 Å². The van der Waals surface area contributed by atoms with Crippen molar-refractivity contribution in [3.63, 3.8) is 0 Å². The quantitative estimate of drug-likeness (QED) is 0.489. The van der Waals surface area contributed by atoms with E-state index in [9.17, 15) is 0 Å². The summed E-state index contributed by atoms with van der Waals surface area (Å²) in [6.07, 6.45) is 25.0. The van der Waals surface area contributed by atoms with Crippen LogP contribution in [0.1, 0.15) is 38.5 Å². The standard InChI is InChI=1S/C14H20/c1-2-4-6-8-10-12-14-13-11-9-7-5-3-1/h1-4,7,9,13-14H,5-6,8,10-12H2/b3-1-,4-2?,9-7+,14-13+. The Morgan fingerprint density at radius 1 is 0.500 bits per heavy atom. The maximum Gasteiger partial charge on any atom is -0.0166 e. The van der Waals surface area contributed by atoms with Gasteiger partial charge in [0.25, 0.3) is 0 Å². The molecule has 0 heterocycles. The first-order valence-electron chi connectivity index (χ1n) is 5.62. The first-order chi connectivity index (χ1) is 7.00. The van der Waals surface area contributed by atoms with E-state index in [0.717, 1.165) is 12.8 Å². The molecule has 0 aromatic carbocycles. The van der Waals surface area contributed by atoms with Crippen LogP contribution in [0.5, 0.6) is 0 Å². The molecule has 14 heavy (non-hydrogen) atoms. The van der Waals surface area contributed by atoms with Gasteiger partial charge >= 0.3 is 0 Å². The summed E-state index contributed by atoms with van der Waals surface area (Å²) in [5, 5.41) is 0. The van der Waals surface area contributed by atoms with E-state index >= 15 is 0 Å². The summed E-state index contributed by atoms with van der Waals surface area (Å²) >= 11 is 0. The lowest BCUT2D eigenvalue weighted by Crippen LogP contribution is -1.72. The number of allylic oxidation sites excluding steroid dienone is 8. The van der Waals surface area contributed by atoms with Crippen LogP contribution in [-0.4, -0.2) is 0 Å². The van der Waals surface area contributed by atoms with E-state index in [4.69, 9.17) is 0 Å². The van der Waals surface area contributed by atoms with Crippen LogP contribution >= 0.6 is 0 Å². The molecule has 0 radical (unpaired) electrons. The van der Waals surface area contributed by atoms with Gasteiger partial charge in [-0.2, -0.15) is 0 Å². The summed E-state index contributed by atoms with van der Waals surface area (Å²) < 4.78 is 0. The zero-order valence-electron chi connectivity index (χ0n) is 8.86. The van der Waals surface area contributed by atoms with Crippen molar-refractivity contribution in [2.24, 2.45) is 0 Å². The molecule has 0 nitrogen and oxygen atoms in total. The second-order valence-electron chi connectivity index (χ2n) is 3.55. The predicted octanol–water partition coefficient (Wildman–Crippen LogP) is 4.57. The summed E-state index contributed by atoms with van der Waals surface area (Å²) in [6, 6.07) is 0. The van der Waals surface area contributed by atoms with E-state index in [1.165, 1.54) is 25.7 Å². The summed E-state index contributed by atoms with van der Waals surface area (Å²) in [6.45, 7) is 0. The van der Waals surface area contributed by atoms with Crippen molar-refractivity contribution >= 4 is 0 Å². The minimum absolute atomic E-state index is 1.05. The van der Waals surface area contributed by atoms with Gasteiger partial charge in [-0.05, 0) is 38.5 Å². The molecule has 0 fully saturated rings. The SMILES string of the molecule is C1=CCCCC/C=C/C/C=C/C/C=C\1. The van der Waals surface area contributed by atoms with Crippen LogP contribution in [-0.2, 0) is 0 Å². The van der Waals surface area contributed by atoms with Gasteiger partial charge in [0.2, 0.25) is 0 Å². The second kappa shape index (κ2) is 8.55. The number of hydrogen-bond donors (Lipinski definition) is 0. The lowest BCUT2D eigenvalue weighted by atomic mass is 10.1. The highest BCUT2D eigenvalue weighted by Crippen LogP contribution is 2.03. The van der Waals surface area contributed by atoms with Gasteiger partial charge in [0.15, 0.2) is 0 Å². The summed E-state index contributed by atoms with van der Waals surface area (Å²) in [5.41, 5.74) is 0. The highest BCUT2D eigenvalue weighted by atomic mass is 13.9. The van der Waals surface area contributed by atoms with E-state index in [-0.39, 0.29) is 0 Å². The van der Waals surface area contributed by atoms with Gasteiger partial charge in [-0.15, -0.1) is 0 Å². The van der Waals surface area contributed by atoms with Gasteiger partial charge in [-0.3, -0.25) is 0 Å². The molecule has 0 unspecified atom stereocenters. The van der Waals surface area contributed by atoms with Gasteiger partial charge in [0.1, 0.15) is 0 Å². The van der Waals surface area contributed by atoms with E-state index in [1.807, 2.05) is 0 Å². The first kappa shape index (κ1) is 11.0. The fourth-order valence-electron chi connectivity index (χ4n) is 1.42. The van der Waals surface area contributed by atoms with Crippen molar-refractivity contribution in [1.29, 1.82) is 0 Å². The molecule has 0 atom stereocenters. The molecule has 1 aliphatic rings. The van der Waals surface area contributed by atoms with E-state index in [1.54, 1.807) is 0 Å². The molecule has 0 aromatic heterocycles. The minimum Gasteiger partial charge on any atom is -0.0882 e. The topological polar surface area (TPSA) is 0 Å². The molecule has 0 aliphatic heterocycles. The smallest absolute Gasteiger partial charge is 0.0166 e. The third-order valence-corrected chi connectivity index (χ3v) is 2.25. The maximum atomic E-state index is 2.30. The molecule has 0 saturated carbocycles. The van der Waals surface area contributed by atoms with Gasteiger partial charge in [0.05, 0.1) is 0 Å². The molecule has 0 spiro atoms. The fraction of sp³-hybridized carbons (Fsp3) is 0.429. The van der Waals surface area contributed by atoms with Crippen molar-refractivity contribution < 1.29 is 0 Å². The van der Waals surface area contributed by atoms with Gasteiger partial charge in [-0.25, -0.2) is 0 Å². The molecule has 0 bridgehead atoms. The lowest BCUT2D eigenvalue weighted by Gasteiger charge is -1.93. The Bertz CT molecular complexity index is 228. The van der Waals surface area contributed by atoms with Gasteiger partial charge < -0.3 is 0 Å². The van der Waals surface area contributed by atoms with Crippen molar-refractivity contribution in [3.8, 4) is 0 Å². The number of rotatable bonds is 0. The molecule has 0 aromatic rings. The van der Waals surface area contributed by atoms with Crippen LogP contribution in [0.3, 0.4) is 0 Å². The van der Waals surface area contributed by atoms with Crippen LogP contribution < -0.4 is 0 Å². The van der Waals surface area contributed by atoms with Crippen molar-refractivity contribution in [2.75, 3.05) is 0 Å². The Kier molecular flexibility index (Phi) is 6.74. The van der Waals surface area contributed by atoms with Crippen LogP contribution in [0.2, 0.25) is 0 Å². The summed E-state index contributed by atoms with van der Waals surface area (Å²) in [7, 11) is 0. The third kappa shape index (κ3) is 6.47. The predicted molar refractivity (Wildman–Crippen MR) is 64.3 cm³/mol. The summed E-state index contributed by atoms with van der Waals surface area (Å²) in [4.78, 5) is 0. The van der Waals surface area contributed by atoms with Crippen molar-refractivity contribution in [3.05, 3.63) is 48.6 Å². The van der Waals surface area contributed by atoms with Crippen LogP contribution in [0, 0.1) is 0 Å². The van der Waals surface area contributed by atoms with Crippen LogP contribution in [0.4, 0.5) is 0 Å². The molecular formula is C14H20. The zero-order valence-corrected chi connectivity index (χ0v) is 8.86. The third-order valence-electron chi connectivity index (χ3n) is 2.25. The Labute approximate surface area is 87.7 Å². The monoisotopic (exact) mass is 188 g/mol. The van der Waals surface area contributed by atoms with Crippen LogP contribution in [0.25, 0.3) is 0 Å². The molecule has 0 heteroatoms. The van der Waals surface area contributed by atoms with Crippen LogP contribution in [0.15, 0.2) is 48.6 Å². The highest BCUT2D eigenvalue weighted by Gasteiger charge is 1.83. The molecule has 1 aliphatic carbocycles. The molecule has 0 N–H and O–H groups in total. The largest absolute Gasteiger partial charge is 0.0882 e. The van der Waals surface area contributed by atoms with E-state index < -0.39 is 0 Å². The highest BCUT2D eigenvalue weighted by molar-refractivity contribution is 5.05. The Balaban J connectivity index is 2.35. The molecule has 0 saturated heterocycles. The summed E-state index contributed by atoms with van der Waals surface area (Å²) in [5.74, 6) is 0. The molecular weight excluding hydrogens is 168 g/mol. The zero-order chi connectivity index (χ0) is 9.90. The maximum absolute atomic E-state index is 2.30. The Hall–Kier alpha value is -1.04. The molecule has 1 rings (SSSR count). The first-order valence-corrected chi connectivity index (χ1v) is 5.62. The van der Waals surface area contributed by atoms with Gasteiger partial charge in [0, 0.05) is 0 Å².